The van der Waals surface area contributed by atoms with Gasteiger partial charge in [0.1, 0.15) is 0 Å². The van der Waals surface area contributed by atoms with Crippen molar-refractivity contribution >= 4 is 13.3 Å². The summed E-state index contributed by atoms with van der Waals surface area (Å²) in [5, 5.41) is 1.55. The molecule has 0 atom stereocenters. The Morgan fingerprint density at radius 3 is 2.30 bits per heavy atom. The Bertz CT molecular complexity index is 615. The highest BCUT2D eigenvalue weighted by Crippen LogP contribution is 2.36. The van der Waals surface area contributed by atoms with Crippen molar-refractivity contribution in [3.05, 3.63) is 53.6 Å². The Balaban J connectivity index is 2.07. The molecule has 0 saturated heterocycles. The van der Waals surface area contributed by atoms with Crippen LogP contribution in [0.5, 0.6) is 0 Å². The smallest absolute Gasteiger partial charge is 0.0675 e. The molecule has 0 saturated carbocycles. The zero-order valence-electron chi connectivity index (χ0n) is 12.8. The first-order valence-electron chi connectivity index (χ1n) is 7.88. The van der Waals surface area contributed by atoms with Gasteiger partial charge in [-0.1, -0.05) is 80.5 Å². The van der Waals surface area contributed by atoms with Gasteiger partial charge in [-0.25, -0.2) is 0 Å². The molecular formula is C19H23Si. The third-order valence-electron chi connectivity index (χ3n) is 5.30. The van der Waals surface area contributed by atoms with Crippen molar-refractivity contribution in [2.24, 2.45) is 0 Å². The minimum atomic E-state index is -1.30. The van der Waals surface area contributed by atoms with E-state index in [-0.39, 0.29) is 0 Å². The zero-order chi connectivity index (χ0) is 14.2. The van der Waals surface area contributed by atoms with Gasteiger partial charge >= 0.3 is 0 Å². The third-order valence-corrected chi connectivity index (χ3v) is 10.8. The molecule has 0 aliphatic heterocycles. The van der Waals surface area contributed by atoms with Gasteiger partial charge in [0.15, 0.2) is 0 Å². The fourth-order valence-electron chi connectivity index (χ4n) is 3.69. The van der Waals surface area contributed by atoms with Crippen molar-refractivity contribution in [3.8, 4) is 11.1 Å². The van der Waals surface area contributed by atoms with Crippen LogP contribution in [0.4, 0.5) is 0 Å². The minimum Gasteiger partial charge on any atom is -0.0675 e. The third kappa shape index (κ3) is 1.96. The lowest BCUT2D eigenvalue weighted by molar-refractivity contribution is 1.19. The summed E-state index contributed by atoms with van der Waals surface area (Å²) in [6.07, 6.45) is 1.07. The van der Waals surface area contributed by atoms with Crippen molar-refractivity contribution in [2.75, 3.05) is 0 Å². The molecule has 0 amide bonds. The molecule has 0 aromatic heterocycles. The van der Waals surface area contributed by atoms with E-state index < -0.39 is 8.07 Å². The Morgan fingerprint density at radius 1 is 0.900 bits per heavy atom. The van der Waals surface area contributed by atoms with Crippen LogP contribution in [-0.2, 0) is 6.42 Å². The zero-order valence-corrected chi connectivity index (χ0v) is 13.8. The topological polar surface area (TPSA) is 0 Å². The molecule has 1 aliphatic rings. The van der Waals surface area contributed by atoms with Gasteiger partial charge < -0.3 is 0 Å². The van der Waals surface area contributed by atoms with E-state index in [0.717, 1.165) is 6.42 Å². The van der Waals surface area contributed by atoms with E-state index in [2.05, 4.69) is 63.2 Å². The molecule has 103 valence electrons. The van der Waals surface area contributed by atoms with Crippen LogP contribution in [0.1, 0.15) is 31.9 Å². The molecule has 0 unspecified atom stereocenters. The van der Waals surface area contributed by atoms with Crippen LogP contribution in [0.25, 0.3) is 11.1 Å². The molecule has 0 spiro atoms. The number of hydrogen-bond donors (Lipinski definition) is 0. The second-order valence-corrected chi connectivity index (χ2v) is 11.2. The highest BCUT2D eigenvalue weighted by atomic mass is 28.3. The number of benzene rings is 2. The summed E-state index contributed by atoms with van der Waals surface area (Å²) in [6, 6.07) is 21.4. The van der Waals surface area contributed by atoms with Crippen molar-refractivity contribution in [1.29, 1.82) is 0 Å². The highest BCUT2D eigenvalue weighted by Gasteiger charge is 2.30. The average Bonchev–Trinajstić information content (AvgIpc) is 2.87. The van der Waals surface area contributed by atoms with Gasteiger partial charge in [-0.3, -0.25) is 0 Å². The van der Waals surface area contributed by atoms with Gasteiger partial charge in [0.2, 0.25) is 0 Å². The van der Waals surface area contributed by atoms with E-state index in [1.54, 1.807) is 5.19 Å². The van der Waals surface area contributed by atoms with Crippen LogP contribution < -0.4 is 5.19 Å². The van der Waals surface area contributed by atoms with Crippen molar-refractivity contribution in [2.45, 2.75) is 45.3 Å². The molecule has 3 rings (SSSR count). The molecular weight excluding hydrogens is 256 g/mol. The fourth-order valence-corrected chi connectivity index (χ4v) is 7.18. The Hall–Kier alpha value is -1.34. The minimum absolute atomic E-state index is 1.07. The lowest BCUT2D eigenvalue weighted by atomic mass is 10.1. The maximum atomic E-state index is 3.83. The van der Waals surface area contributed by atoms with Crippen LogP contribution in [-0.4, -0.2) is 8.07 Å². The summed E-state index contributed by atoms with van der Waals surface area (Å²) >= 11 is 0. The van der Waals surface area contributed by atoms with Crippen LogP contribution in [0.2, 0.25) is 18.1 Å². The van der Waals surface area contributed by atoms with Gasteiger partial charge in [-0.15, -0.1) is 0 Å². The Morgan fingerprint density at radius 2 is 1.60 bits per heavy atom. The first-order valence-corrected chi connectivity index (χ1v) is 10.5. The molecule has 20 heavy (non-hydrogen) atoms. The first kappa shape index (κ1) is 13.6. The molecule has 0 bridgehead atoms. The van der Waals surface area contributed by atoms with E-state index >= 15 is 0 Å². The largest absolute Gasteiger partial charge is 0.0867 e. The van der Waals surface area contributed by atoms with E-state index in [1.807, 2.05) is 0 Å². The number of hydrogen-bond acceptors (Lipinski definition) is 0. The molecule has 1 heteroatoms. The van der Waals surface area contributed by atoms with Crippen molar-refractivity contribution < 1.29 is 0 Å². The second kappa shape index (κ2) is 5.21. The van der Waals surface area contributed by atoms with Crippen molar-refractivity contribution in [3.63, 3.8) is 0 Å². The quantitative estimate of drug-likeness (QED) is 0.603. The van der Waals surface area contributed by atoms with Gasteiger partial charge in [-0.05, 0) is 34.7 Å². The van der Waals surface area contributed by atoms with E-state index in [1.165, 1.54) is 40.4 Å². The summed E-state index contributed by atoms with van der Waals surface area (Å²) in [5.41, 5.74) is 5.72. The highest BCUT2D eigenvalue weighted by molar-refractivity contribution is 6.91. The normalized spacial score (nSPS) is 13.2. The molecule has 0 heterocycles. The monoisotopic (exact) mass is 279 g/mol. The maximum absolute atomic E-state index is 3.83. The lowest BCUT2D eigenvalue weighted by Gasteiger charge is -2.28. The van der Waals surface area contributed by atoms with Gasteiger partial charge in [0.25, 0.3) is 0 Å². The van der Waals surface area contributed by atoms with E-state index in [4.69, 9.17) is 0 Å². The fraction of sp³-hybridized carbons (Fsp3) is 0.368. The molecule has 1 radical (unpaired) electrons. The number of rotatable bonds is 4. The summed E-state index contributed by atoms with van der Waals surface area (Å²) < 4.78 is 0. The summed E-state index contributed by atoms with van der Waals surface area (Å²) in [6.45, 7) is 7.11. The molecule has 1 aliphatic carbocycles. The lowest BCUT2D eigenvalue weighted by Crippen LogP contribution is -2.46. The molecule has 0 nitrogen and oxygen atoms in total. The predicted molar refractivity (Wildman–Crippen MR) is 90.4 cm³/mol. The summed E-state index contributed by atoms with van der Waals surface area (Å²) in [4.78, 5) is 0. The van der Waals surface area contributed by atoms with Crippen LogP contribution >= 0.6 is 0 Å². The van der Waals surface area contributed by atoms with Crippen LogP contribution in [0.3, 0.4) is 0 Å². The molecule has 2 aromatic rings. The second-order valence-electron chi connectivity index (χ2n) is 5.94. The van der Waals surface area contributed by atoms with Gasteiger partial charge in [0, 0.05) is 0 Å². The average molecular weight is 279 g/mol. The Labute approximate surface area is 123 Å². The standard InChI is InChI=1S/C19H23Si/c1-4-20(5-2,6-3)17-11-12-19-16(14-17)13-15-9-7-8-10-18(15)19/h7-12H,4-6,13H2,1-3H3. The van der Waals surface area contributed by atoms with Crippen molar-refractivity contribution in [1.82, 2.24) is 0 Å². The van der Waals surface area contributed by atoms with Gasteiger partial charge in [0.05, 0.1) is 8.07 Å². The molecule has 2 aromatic carbocycles. The van der Waals surface area contributed by atoms with Crippen LogP contribution in [0, 0.1) is 6.07 Å². The summed E-state index contributed by atoms with van der Waals surface area (Å²) in [7, 11) is -1.30. The number of fused-ring (bicyclic) bond motifs is 3. The molecule has 0 fully saturated rings. The first-order chi connectivity index (χ1) is 9.74. The van der Waals surface area contributed by atoms with Gasteiger partial charge in [-0.2, -0.15) is 0 Å². The molecule has 0 N–H and O–H groups in total. The van der Waals surface area contributed by atoms with E-state index in [9.17, 15) is 0 Å². The van der Waals surface area contributed by atoms with E-state index in [0.29, 0.717) is 0 Å². The van der Waals surface area contributed by atoms with Crippen LogP contribution in [0.15, 0.2) is 36.4 Å². The maximum Gasteiger partial charge on any atom is 0.0867 e. The predicted octanol–water partition coefficient (Wildman–Crippen LogP) is 4.77. The SMILES string of the molecule is CC[Si](CC)(CC)c1[c]c2c(cc1)-c1ccccc1C2. The Kier molecular flexibility index (Phi) is 3.55. The summed E-state index contributed by atoms with van der Waals surface area (Å²) in [5.74, 6) is 0.